The molecule has 0 spiro atoms. The molecule has 3 nitrogen and oxygen atoms in total. The van der Waals surface area contributed by atoms with Crippen LogP contribution in [-0.4, -0.2) is 4.98 Å². The Balaban J connectivity index is 2.06. The molecule has 1 heterocycles. The summed E-state index contributed by atoms with van der Waals surface area (Å²) in [5, 5.41) is 12.1. The lowest BCUT2D eigenvalue weighted by Crippen LogP contribution is -2.00. The molecule has 0 saturated carbocycles. The Bertz CT molecular complexity index is 585. The predicted molar refractivity (Wildman–Crippen MR) is 75.2 cm³/mol. The average molecular weight is 302 g/mol. The van der Waals surface area contributed by atoms with E-state index in [0.717, 1.165) is 21.4 Å². The number of nitrogens with zero attached hydrogens (tertiary/aromatic N) is 2. The van der Waals surface area contributed by atoms with E-state index >= 15 is 0 Å². The highest BCUT2D eigenvalue weighted by atomic mass is 79.9. The van der Waals surface area contributed by atoms with Crippen LogP contribution >= 0.6 is 15.9 Å². The number of nitrogens with one attached hydrogen (secondary N) is 1. The first-order valence-corrected chi connectivity index (χ1v) is 6.33. The zero-order valence-electron chi connectivity index (χ0n) is 9.94. The van der Waals surface area contributed by atoms with Gasteiger partial charge in [0.15, 0.2) is 0 Å². The lowest BCUT2D eigenvalue weighted by Gasteiger charge is -2.08. The molecule has 0 amide bonds. The van der Waals surface area contributed by atoms with Crippen molar-refractivity contribution in [3.63, 3.8) is 0 Å². The molecule has 0 aliphatic carbocycles. The molecule has 0 radical (unpaired) electrons. The number of nitriles is 1. The van der Waals surface area contributed by atoms with E-state index in [1.54, 1.807) is 12.1 Å². The summed E-state index contributed by atoms with van der Waals surface area (Å²) < 4.78 is 0.890. The molecule has 4 heteroatoms. The Morgan fingerprint density at radius 3 is 2.78 bits per heavy atom. The van der Waals surface area contributed by atoms with Crippen molar-refractivity contribution in [3.8, 4) is 6.07 Å². The third-order valence-electron chi connectivity index (χ3n) is 2.55. The minimum atomic E-state index is 0.643. The Morgan fingerprint density at radius 2 is 2.17 bits per heavy atom. The van der Waals surface area contributed by atoms with Gasteiger partial charge < -0.3 is 5.32 Å². The van der Waals surface area contributed by atoms with Crippen LogP contribution in [0, 0.1) is 18.3 Å². The van der Waals surface area contributed by atoms with Gasteiger partial charge in [-0.05, 0) is 52.7 Å². The molecule has 0 unspecified atom stereocenters. The van der Waals surface area contributed by atoms with Crippen molar-refractivity contribution in [1.29, 1.82) is 5.26 Å². The molecular formula is C14H12BrN3. The van der Waals surface area contributed by atoms with Gasteiger partial charge in [0.25, 0.3) is 0 Å². The van der Waals surface area contributed by atoms with E-state index in [-0.39, 0.29) is 0 Å². The predicted octanol–water partition coefficient (Wildman–Crippen LogP) is 3.64. The molecule has 0 aliphatic heterocycles. The molecule has 1 N–H and O–H groups in total. The van der Waals surface area contributed by atoms with Crippen LogP contribution in [0.25, 0.3) is 0 Å². The fourth-order valence-corrected chi connectivity index (χ4v) is 2.05. The maximum atomic E-state index is 8.79. The van der Waals surface area contributed by atoms with Gasteiger partial charge >= 0.3 is 0 Å². The largest absolute Gasteiger partial charge is 0.380 e. The summed E-state index contributed by atoms with van der Waals surface area (Å²) in [6, 6.07) is 11.6. The molecule has 90 valence electrons. The number of halogens is 1. The molecule has 1 aromatic carbocycles. The van der Waals surface area contributed by atoms with Gasteiger partial charge in [-0.2, -0.15) is 5.26 Å². The summed E-state index contributed by atoms with van der Waals surface area (Å²) in [5.74, 6) is 0. The molecule has 2 rings (SSSR count). The van der Waals surface area contributed by atoms with Crippen LogP contribution in [0.3, 0.4) is 0 Å². The van der Waals surface area contributed by atoms with Gasteiger partial charge in [0.2, 0.25) is 0 Å². The Kier molecular flexibility index (Phi) is 3.96. The van der Waals surface area contributed by atoms with Crippen LogP contribution in [0.4, 0.5) is 5.69 Å². The highest BCUT2D eigenvalue weighted by Crippen LogP contribution is 2.23. The first kappa shape index (κ1) is 12.6. The number of hydrogen-bond donors (Lipinski definition) is 1. The average Bonchev–Trinajstić information content (AvgIpc) is 2.39. The van der Waals surface area contributed by atoms with Gasteiger partial charge in [-0.3, -0.25) is 4.98 Å². The summed E-state index contributed by atoms with van der Waals surface area (Å²) in [6.45, 7) is 2.67. The molecule has 0 atom stereocenters. The van der Waals surface area contributed by atoms with Gasteiger partial charge in [0.05, 0.1) is 11.6 Å². The van der Waals surface area contributed by atoms with E-state index in [1.165, 1.54) is 0 Å². The Morgan fingerprint density at radius 1 is 1.33 bits per heavy atom. The number of rotatable bonds is 3. The van der Waals surface area contributed by atoms with Crippen molar-refractivity contribution >= 4 is 21.6 Å². The van der Waals surface area contributed by atoms with Crippen LogP contribution in [0.2, 0.25) is 0 Å². The summed E-state index contributed by atoms with van der Waals surface area (Å²) >= 11 is 3.44. The number of pyridine rings is 1. The summed E-state index contributed by atoms with van der Waals surface area (Å²) in [4.78, 5) is 4.25. The van der Waals surface area contributed by atoms with E-state index in [4.69, 9.17) is 5.26 Å². The number of anilines is 1. The van der Waals surface area contributed by atoms with E-state index in [0.29, 0.717) is 12.1 Å². The van der Waals surface area contributed by atoms with Gasteiger partial charge in [0, 0.05) is 28.6 Å². The van der Waals surface area contributed by atoms with Crippen LogP contribution < -0.4 is 5.32 Å². The second-order valence-corrected chi connectivity index (χ2v) is 4.82. The van der Waals surface area contributed by atoms with Crippen LogP contribution in [0.1, 0.15) is 16.8 Å². The van der Waals surface area contributed by atoms with Crippen molar-refractivity contribution in [2.24, 2.45) is 0 Å². The van der Waals surface area contributed by atoms with Gasteiger partial charge in [-0.15, -0.1) is 0 Å². The molecular weight excluding hydrogens is 290 g/mol. The Labute approximate surface area is 115 Å². The first-order chi connectivity index (χ1) is 8.69. The quantitative estimate of drug-likeness (QED) is 0.941. The summed E-state index contributed by atoms with van der Waals surface area (Å²) in [5.41, 5.74) is 3.74. The zero-order valence-corrected chi connectivity index (χ0v) is 11.5. The summed E-state index contributed by atoms with van der Waals surface area (Å²) in [6.07, 6.45) is 1.86. The highest BCUT2D eigenvalue weighted by Gasteiger charge is 2.01. The minimum Gasteiger partial charge on any atom is -0.380 e. The third-order valence-corrected chi connectivity index (χ3v) is 3.21. The van der Waals surface area contributed by atoms with E-state index in [9.17, 15) is 0 Å². The fraction of sp³-hybridized carbons (Fsp3) is 0.143. The normalized spacial score (nSPS) is 9.83. The number of aromatic nitrogens is 1. The van der Waals surface area contributed by atoms with Gasteiger partial charge in [-0.1, -0.05) is 6.07 Å². The van der Waals surface area contributed by atoms with Gasteiger partial charge in [0.1, 0.15) is 0 Å². The van der Waals surface area contributed by atoms with Crippen molar-refractivity contribution in [1.82, 2.24) is 4.98 Å². The topological polar surface area (TPSA) is 48.7 Å². The molecule has 18 heavy (non-hydrogen) atoms. The minimum absolute atomic E-state index is 0.643. The van der Waals surface area contributed by atoms with Crippen molar-refractivity contribution in [3.05, 3.63) is 57.8 Å². The number of aryl methyl sites for hydroxylation is 1. The second kappa shape index (κ2) is 5.65. The fourth-order valence-electron chi connectivity index (χ4n) is 1.53. The van der Waals surface area contributed by atoms with E-state index < -0.39 is 0 Å². The lowest BCUT2D eigenvalue weighted by atomic mass is 10.2. The number of benzene rings is 1. The zero-order chi connectivity index (χ0) is 13.0. The van der Waals surface area contributed by atoms with Crippen molar-refractivity contribution < 1.29 is 0 Å². The number of hydrogen-bond acceptors (Lipinski definition) is 3. The third kappa shape index (κ3) is 3.08. The van der Waals surface area contributed by atoms with Crippen LogP contribution in [-0.2, 0) is 6.54 Å². The molecule has 0 aliphatic rings. The summed E-state index contributed by atoms with van der Waals surface area (Å²) in [7, 11) is 0. The molecule has 0 saturated heterocycles. The first-order valence-electron chi connectivity index (χ1n) is 5.54. The highest BCUT2D eigenvalue weighted by molar-refractivity contribution is 9.10. The van der Waals surface area contributed by atoms with Gasteiger partial charge in [-0.25, -0.2) is 0 Å². The van der Waals surface area contributed by atoms with E-state index in [2.05, 4.69) is 32.3 Å². The monoisotopic (exact) mass is 301 g/mol. The smallest absolute Gasteiger partial charge is 0.0992 e. The Hall–Kier alpha value is -1.86. The van der Waals surface area contributed by atoms with Crippen LogP contribution in [0.5, 0.6) is 0 Å². The molecule has 1 aromatic heterocycles. The standard InChI is InChI=1S/C14H12BrN3/c1-10-2-3-12(8-17-10)9-18-14-5-4-11(7-16)6-13(14)15/h2-6,8,18H,9H2,1H3. The molecule has 2 aromatic rings. The molecule has 0 fully saturated rings. The molecule has 0 bridgehead atoms. The second-order valence-electron chi connectivity index (χ2n) is 3.97. The van der Waals surface area contributed by atoms with Crippen molar-refractivity contribution in [2.45, 2.75) is 13.5 Å². The lowest BCUT2D eigenvalue weighted by molar-refractivity contribution is 1.08. The maximum Gasteiger partial charge on any atom is 0.0992 e. The van der Waals surface area contributed by atoms with Crippen molar-refractivity contribution in [2.75, 3.05) is 5.32 Å². The maximum absolute atomic E-state index is 8.79. The van der Waals surface area contributed by atoms with Crippen LogP contribution in [0.15, 0.2) is 41.0 Å². The SMILES string of the molecule is Cc1ccc(CNc2ccc(C#N)cc2Br)cn1. The van der Waals surface area contributed by atoms with E-state index in [1.807, 2.05) is 31.3 Å².